The molecule has 0 bridgehead atoms. The lowest BCUT2D eigenvalue weighted by Crippen LogP contribution is -2.30. The van der Waals surface area contributed by atoms with Gasteiger partial charge < -0.3 is 5.32 Å². The van der Waals surface area contributed by atoms with Crippen molar-refractivity contribution in [2.45, 2.75) is 24.6 Å². The number of nitrogens with zero attached hydrogens (tertiary/aromatic N) is 1. The van der Waals surface area contributed by atoms with Crippen LogP contribution in [0.3, 0.4) is 0 Å². The zero-order chi connectivity index (χ0) is 14.0. The Morgan fingerprint density at radius 2 is 2.20 bits per heavy atom. The fourth-order valence-corrected chi connectivity index (χ4v) is 4.50. The maximum absolute atomic E-state index is 11.7. The van der Waals surface area contributed by atoms with Gasteiger partial charge in [-0.1, -0.05) is 12.1 Å². The molecule has 1 aromatic carbocycles. The number of fused-ring (bicyclic) bond motifs is 1. The Bertz CT molecular complexity index is 713. The van der Waals surface area contributed by atoms with Crippen LogP contribution in [0.15, 0.2) is 36.5 Å². The Kier molecular flexibility index (Phi) is 3.72. The molecule has 106 valence electrons. The van der Waals surface area contributed by atoms with E-state index in [0.717, 1.165) is 29.3 Å². The molecule has 1 aromatic heterocycles. The minimum absolute atomic E-state index is 0.204. The summed E-state index contributed by atoms with van der Waals surface area (Å²) < 4.78 is 23.5. The lowest BCUT2D eigenvalue weighted by atomic mass is 10.1. The molecule has 5 heteroatoms. The van der Waals surface area contributed by atoms with Gasteiger partial charge >= 0.3 is 0 Å². The molecule has 4 nitrogen and oxygen atoms in total. The van der Waals surface area contributed by atoms with E-state index >= 15 is 0 Å². The standard InChI is InChI=1S/C15H18N2O2S/c18-20(19)8-2-4-14(20)11-16-10-12-5-6-15-13(9-12)3-1-7-17-15/h1,3,5-7,9,14,16H,2,4,8,10-11H2. The van der Waals surface area contributed by atoms with Gasteiger partial charge in [0, 0.05) is 24.7 Å². The second-order valence-electron chi connectivity index (χ2n) is 5.29. The van der Waals surface area contributed by atoms with E-state index in [1.165, 1.54) is 0 Å². The lowest BCUT2D eigenvalue weighted by molar-refractivity contribution is 0.574. The molecule has 1 fully saturated rings. The largest absolute Gasteiger partial charge is 0.311 e. The number of sulfone groups is 1. The van der Waals surface area contributed by atoms with Gasteiger partial charge in [0.25, 0.3) is 0 Å². The summed E-state index contributed by atoms with van der Waals surface area (Å²) in [6.45, 7) is 1.24. The first kappa shape index (κ1) is 13.5. The van der Waals surface area contributed by atoms with Crippen LogP contribution < -0.4 is 5.32 Å². The van der Waals surface area contributed by atoms with Gasteiger partial charge in [-0.05, 0) is 36.6 Å². The summed E-state index contributed by atoms with van der Waals surface area (Å²) in [7, 11) is -2.85. The number of hydrogen-bond donors (Lipinski definition) is 1. The normalized spacial score (nSPS) is 21.3. The van der Waals surface area contributed by atoms with Crippen molar-refractivity contribution in [3.8, 4) is 0 Å². The first-order valence-corrected chi connectivity index (χ1v) is 8.63. The molecule has 2 aromatic rings. The quantitative estimate of drug-likeness (QED) is 0.934. The molecule has 1 aliphatic heterocycles. The average molecular weight is 290 g/mol. The lowest BCUT2D eigenvalue weighted by Gasteiger charge is -2.11. The average Bonchev–Trinajstić information content (AvgIpc) is 2.78. The van der Waals surface area contributed by atoms with E-state index in [1.807, 2.05) is 24.3 Å². The second-order valence-corrected chi connectivity index (χ2v) is 7.69. The van der Waals surface area contributed by atoms with Crippen molar-refractivity contribution >= 4 is 20.7 Å². The molecule has 3 rings (SSSR count). The van der Waals surface area contributed by atoms with E-state index in [4.69, 9.17) is 0 Å². The minimum atomic E-state index is -2.85. The Hall–Kier alpha value is -1.46. The zero-order valence-corrected chi connectivity index (χ0v) is 12.1. The van der Waals surface area contributed by atoms with Crippen LogP contribution in [0.5, 0.6) is 0 Å². The highest BCUT2D eigenvalue weighted by molar-refractivity contribution is 7.92. The summed E-state index contributed by atoms with van der Waals surface area (Å²) in [4.78, 5) is 4.28. The maximum Gasteiger partial charge on any atom is 0.154 e. The van der Waals surface area contributed by atoms with Crippen molar-refractivity contribution in [1.29, 1.82) is 0 Å². The molecule has 0 aliphatic carbocycles. The van der Waals surface area contributed by atoms with Gasteiger partial charge in [0.2, 0.25) is 0 Å². The van der Waals surface area contributed by atoms with Gasteiger partial charge in [0.1, 0.15) is 0 Å². The van der Waals surface area contributed by atoms with E-state index in [9.17, 15) is 8.42 Å². The fraction of sp³-hybridized carbons (Fsp3) is 0.400. The molecule has 1 aliphatic rings. The number of aromatic nitrogens is 1. The van der Waals surface area contributed by atoms with Crippen LogP contribution in [0.4, 0.5) is 0 Å². The van der Waals surface area contributed by atoms with Crippen molar-refractivity contribution in [2.24, 2.45) is 0 Å². The second kappa shape index (κ2) is 5.50. The maximum atomic E-state index is 11.7. The Morgan fingerprint density at radius 3 is 3.00 bits per heavy atom. The third-order valence-electron chi connectivity index (χ3n) is 3.83. The van der Waals surface area contributed by atoms with Gasteiger partial charge in [0.05, 0.1) is 16.5 Å². The molecular weight excluding hydrogens is 272 g/mol. The molecule has 20 heavy (non-hydrogen) atoms. The van der Waals surface area contributed by atoms with Gasteiger partial charge in [0.15, 0.2) is 9.84 Å². The summed E-state index contributed by atoms with van der Waals surface area (Å²) in [5.41, 5.74) is 2.13. The van der Waals surface area contributed by atoms with Crippen LogP contribution in [0.2, 0.25) is 0 Å². The summed E-state index contributed by atoms with van der Waals surface area (Å²) in [5, 5.41) is 4.17. The molecule has 0 amide bonds. The van der Waals surface area contributed by atoms with Crippen molar-refractivity contribution < 1.29 is 8.42 Å². The molecule has 0 radical (unpaired) electrons. The van der Waals surface area contributed by atoms with Gasteiger partial charge in [-0.15, -0.1) is 0 Å². The Balaban J connectivity index is 1.62. The number of rotatable bonds is 4. The number of pyridine rings is 1. The van der Waals surface area contributed by atoms with Crippen molar-refractivity contribution in [2.75, 3.05) is 12.3 Å². The molecule has 0 spiro atoms. The molecule has 2 heterocycles. The predicted octanol–water partition coefficient (Wildman–Crippen LogP) is 1.90. The van der Waals surface area contributed by atoms with Crippen molar-refractivity contribution in [1.82, 2.24) is 10.3 Å². The number of nitrogens with one attached hydrogen (secondary N) is 1. The number of hydrogen-bond acceptors (Lipinski definition) is 4. The van der Waals surface area contributed by atoms with E-state index in [2.05, 4.69) is 16.4 Å². The van der Waals surface area contributed by atoms with Crippen LogP contribution in [0, 0.1) is 0 Å². The van der Waals surface area contributed by atoms with Crippen LogP contribution in [0.1, 0.15) is 18.4 Å². The monoisotopic (exact) mass is 290 g/mol. The molecule has 0 saturated carbocycles. The summed E-state index contributed by atoms with van der Waals surface area (Å²) in [6.07, 6.45) is 3.37. The third-order valence-corrected chi connectivity index (χ3v) is 6.11. The van der Waals surface area contributed by atoms with Gasteiger partial charge in [-0.3, -0.25) is 4.98 Å². The highest BCUT2D eigenvalue weighted by Gasteiger charge is 2.30. The predicted molar refractivity (Wildman–Crippen MR) is 80.3 cm³/mol. The SMILES string of the molecule is O=S1(=O)CCCC1CNCc1ccc2ncccc2c1. The topological polar surface area (TPSA) is 59.1 Å². The van der Waals surface area contributed by atoms with E-state index in [0.29, 0.717) is 18.8 Å². The van der Waals surface area contributed by atoms with Crippen LogP contribution in [0.25, 0.3) is 10.9 Å². The van der Waals surface area contributed by atoms with E-state index in [-0.39, 0.29) is 5.25 Å². The molecule has 1 N–H and O–H groups in total. The summed E-state index contributed by atoms with van der Waals surface area (Å²) in [6, 6.07) is 10.1. The van der Waals surface area contributed by atoms with Crippen LogP contribution in [-0.4, -0.2) is 30.9 Å². The van der Waals surface area contributed by atoms with E-state index in [1.54, 1.807) is 6.20 Å². The Morgan fingerprint density at radius 1 is 1.30 bits per heavy atom. The molecule has 1 unspecified atom stereocenters. The van der Waals surface area contributed by atoms with Crippen molar-refractivity contribution in [3.63, 3.8) is 0 Å². The highest BCUT2D eigenvalue weighted by Crippen LogP contribution is 2.19. The number of benzene rings is 1. The molecule has 1 atom stereocenters. The third kappa shape index (κ3) is 2.83. The Labute approximate surface area is 119 Å². The minimum Gasteiger partial charge on any atom is -0.311 e. The summed E-state index contributed by atoms with van der Waals surface area (Å²) >= 11 is 0. The van der Waals surface area contributed by atoms with Gasteiger partial charge in [-0.2, -0.15) is 0 Å². The van der Waals surface area contributed by atoms with Crippen LogP contribution in [-0.2, 0) is 16.4 Å². The highest BCUT2D eigenvalue weighted by atomic mass is 32.2. The smallest absolute Gasteiger partial charge is 0.154 e. The summed E-state index contributed by atoms with van der Waals surface area (Å²) in [5.74, 6) is 0.348. The molecular formula is C15H18N2O2S. The van der Waals surface area contributed by atoms with Crippen LogP contribution >= 0.6 is 0 Å². The van der Waals surface area contributed by atoms with E-state index < -0.39 is 9.84 Å². The van der Waals surface area contributed by atoms with Crippen molar-refractivity contribution in [3.05, 3.63) is 42.1 Å². The fourth-order valence-electron chi connectivity index (χ4n) is 2.70. The van der Waals surface area contributed by atoms with Gasteiger partial charge in [-0.25, -0.2) is 8.42 Å². The zero-order valence-electron chi connectivity index (χ0n) is 11.2. The first-order chi connectivity index (χ1) is 9.65. The first-order valence-electron chi connectivity index (χ1n) is 6.91. The molecule has 1 saturated heterocycles.